The van der Waals surface area contributed by atoms with Crippen molar-refractivity contribution in [3.8, 4) is 5.75 Å². The van der Waals surface area contributed by atoms with Crippen LogP contribution in [0.25, 0.3) is 5.65 Å². The molecule has 3 rings (SSSR count). The van der Waals surface area contributed by atoms with Crippen molar-refractivity contribution >= 4 is 23.1 Å². The molecule has 0 saturated carbocycles. The molecular weight excluding hydrogens is 348 g/mol. The molecule has 2 aromatic heterocycles. The largest absolute Gasteiger partial charge is 0.495 e. The van der Waals surface area contributed by atoms with Gasteiger partial charge < -0.3 is 10.1 Å². The van der Waals surface area contributed by atoms with Crippen LogP contribution in [0.2, 0.25) is 0 Å². The third-order valence-electron chi connectivity index (χ3n) is 3.88. The molecule has 0 unspecified atom stereocenters. The number of hydrogen-bond donors (Lipinski definition) is 3. The Labute approximate surface area is 155 Å². The van der Waals surface area contributed by atoms with Gasteiger partial charge >= 0.3 is 0 Å². The van der Waals surface area contributed by atoms with Gasteiger partial charge in [-0.25, -0.2) is 9.50 Å². The molecule has 9 nitrogen and oxygen atoms in total. The van der Waals surface area contributed by atoms with Crippen LogP contribution in [0.1, 0.15) is 21.7 Å². The molecule has 3 N–H and O–H groups in total. The Morgan fingerprint density at radius 2 is 1.96 bits per heavy atom. The quantitative estimate of drug-likeness (QED) is 0.585. The number of amides is 2. The molecule has 3 aromatic rings. The molecule has 1 aromatic carbocycles. The summed E-state index contributed by atoms with van der Waals surface area (Å²) in [5.74, 6) is -0.281. The first-order chi connectivity index (χ1) is 13.0. The first kappa shape index (κ1) is 18.2. The van der Waals surface area contributed by atoms with Gasteiger partial charge in [-0.15, -0.1) is 0 Å². The summed E-state index contributed by atoms with van der Waals surface area (Å²) in [5.41, 5.74) is 7.78. The Morgan fingerprint density at radius 1 is 1.19 bits per heavy atom. The van der Waals surface area contributed by atoms with Crippen LogP contribution in [-0.4, -0.2) is 40.1 Å². The number of anilines is 1. The number of rotatable bonds is 5. The molecule has 0 fully saturated rings. The van der Waals surface area contributed by atoms with Crippen molar-refractivity contribution in [2.75, 3.05) is 19.0 Å². The second-order valence-electron chi connectivity index (χ2n) is 5.89. The highest BCUT2D eigenvalue weighted by Gasteiger charge is 2.16. The van der Waals surface area contributed by atoms with Crippen LogP contribution in [-0.2, 0) is 4.79 Å². The van der Waals surface area contributed by atoms with Crippen molar-refractivity contribution in [1.29, 1.82) is 0 Å². The van der Waals surface area contributed by atoms with E-state index in [1.807, 2.05) is 32.0 Å². The molecule has 0 spiro atoms. The van der Waals surface area contributed by atoms with Crippen LogP contribution < -0.4 is 20.9 Å². The van der Waals surface area contributed by atoms with Crippen LogP contribution in [0.4, 0.5) is 5.69 Å². The number of para-hydroxylation sites is 2. The maximum atomic E-state index is 12.4. The predicted octanol–water partition coefficient (Wildman–Crippen LogP) is 1.23. The third kappa shape index (κ3) is 3.97. The lowest BCUT2D eigenvalue weighted by Gasteiger charge is -2.11. The minimum atomic E-state index is -0.492. The number of carbonyl (C=O) groups excluding carboxylic acids is 2. The number of carbonyl (C=O) groups is 2. The number of methoxy groups -OCH3 is 1. The van der Waals surface area contributed by atoms with Gasteiger partial charge in [-0.1, -0.05) is 12.1 Å². The van der Waals surface area contributed by atoms with E-state index < -0.39 is 11.8 Å². The summed E-state index contributed by atoms with van der Waals surface area (Å²) in [7, 11) is 1.55. The van der Waals surface area contributed by atoms with Gasteiger partial charge in [0.1, 0.15) is 11.3 Å². The molecule has 0 bridgehead atoms. The summed E-state index contributed by atoms with van der Waals surface area (Å²) >= 11 is 0. The maximum absolute atomic E-state index is 12.4. The highest BCUT2D eigenvalue weighted by atomic mass is 16.5. The Balaban J connectivity index is 1.60. The Bertz CT molecular complexity index is 998. The monoisotopic (exact) mass is 368 g/mol. The van der Waals surface area contributed by atoms with Gasteiger partial charge in [-0.05, 0) is 32.0 Å². The fraction of sp³-hybridized carbons (Fsp3) is 0.222. The van der Waals surface area contributed by atoms with E-state index in [-0.39, 0.29) is 12.1 Å². The fourth-order valence-corrected chi connectivity index (χ4v) is 2.63. The first-order valence-corrected chi connectivity index (χ1v) is 8.27. The second-order valence-corrected chi connectivity index (χ2v) is 5.89. The van der Waals surface area contributed by atoms with Crippen LogP contribution in [0.3, 0.4) is 0 Å². The maximum Gasteiger partial charge on any atom is 0.275 e. The smallest absolute Gasteiger partial charge is 0.275 e. The van der Waals surface area contributed by atoms with Gasteiger partial charge in [0.15, 0.2) is 5.65 Å². The predicted molar refractivity (Wildman–Crippen MR) is 99.6 cm³/mol. The molecule has 0 aliphatic heterocycles. The molecule has 0 atom stereocenters. The number of fused-ring (bicyclic) bond motifs is 1. The van der Waals surface area contributed by atoms with Crippen LogP contribution in [0.5, 0.6) is 5.75 Å². The van der Waals surface area contributed by atoms with E-state index in [4.69, 9.17) is 4.74 Å². The molecule has 2 heterocycles. The van der Waals surface area contributed by atoms with Crippen molar-refractivity contribution in [1.82, 2.24) is 25.4 Å². The summed E-state index contributed by atoms with van der Waals surface area (Å²) in [6.45, 7) is 3.68. The van der Waals surface area contributed by atoms with Gasteiger partial charge in [-0.3, -0.25) is 20.4 Å². The third-order valence-corrected chi connectivity index (χ3v) is 3.88. The molecule has 0 radical (unpaired) electrons. The molecule has 27 heavy (non-hydrogen) atoms. The van der Waals surface area contributed by atoms with E-state index in [1.54, 1.807) is 23.8 Å². The van der Waals surface area contributed by atoms with Gasteiger partial charge in [0.25, 0.3) is 11.8 Å². The Kier molecular flexibility index (Phi) is 5.20. The van der Waals surface area contributed by atoms with Crippen molar-refractivity contribution in [3.63, 3.8) is 0 Å². The minimum absolute atomic E-state index is 0.0358. The van der Waals surface area contributed by atoms with Gasteiger partial charge in [-0.2, -0.15) is 5.10 Å². The van der Waals surface area contributed by atoms with Crippen molar-refractivity contribution < 1.29 is 14.3 Å². The van der Waals surface area contributed by atoms with Gasteiger partial charge in [0.2, 0.25) is 0 Å². The zero-order valence-corrected chi connectivity index (χ0v) is 15.2. The molecular formula is C18H20N6O3. The van der Waals surface area contributed by atoms with E-state index in [0.29, 0.717) is 17.1 Å². The van der Waals surface area contributed by atoms with E-state index in [9.17, 15) is 9.59 Å². The number of hydrogen-bond acceptors (Lipinski definition) is 6. The van der Waals surface area contributed by atoms with E-state index in [1.165, 1.54) is 6.20 Å². The Hall–Kier alpha value is -3.62. The summed E-state index contributed by atoms with van der Waals surface area (Å²) in [4.78, 5) is 28.7. The zero-order chi connectivity index (χ0) is 19.4. The highest BCUT2D eigenvalue weighted by molar-refractivity contribution is 6.00. The summed E-state index contributed by atoms with van der Waals surface area (Å²) in [6.07, 6.45) is 1.42. The zero-order valence-electron chi connectivity index (χ0n) is 15.2. The normalized spacial score (nSPS) is 10.5. The second kappa shape index (κ2) is 7.73. The number of benzene rings is 1. The van der Waals surface area contributed by atoms with Crippen molar-refractivity contribution in [3.05, 3.63) is 53.5 Å². The fourth-order valence-electron chi connectivity index (χ4n) is 2.63. The summed E-state index contributed by atoms with van der Waals surface area (Å²) in [6, 6.07) is 9.10. The van der Waals surface area contributed by atoms with Gasteiger partial charge in [0, 0.05) is 11.4 Å². The molecule has 0 saturated heterocycles. The number of hydrazine groups is 1. The molecule has 9 heteroatoms. The molecule has 2 amide bonds. The Morgan fingerprint density at radius 3 is 2.74 bits per heavy atom. The average molecular weight is 368 g/mol. The van der Waals surface area contributed by atoms with Gasteiger partial charge in [0.05, 0.1) is 25.5 Å². The SMILES string of the molecule is COc1ccccc1NCC(=O)NNC(=O)c1cnn2c(C)cc(C)nc12. The van der Waals surface area contributed by atoms with E-state index in [2.05, 4.69) is 26.3 Å². The van der Waals surface area contributed by atoms with Crippen molar-refractivity contribution in [2.24, 2.45) is 0 Å². The topological polar surface area (TPSA) is 110 Å². The lowest BCUT2D eigenvalue weighted by molar-refractivity contribution is -0.120. The van der Waals surface area contributed by atoms with Crippen molar-refractivity contribution in [2.45, 2.75) is 13.8 Å². The standard InChI is InChI=1S/C18H20N6O3/c1-11-8-12(2)24-17(21-11)13(9-20-24)18(26)23-22-16(25)10-19-14-6-4-5-7-15(14)27-3/h4-9,19H,10H2,1-3H3,(H,22,25)(H,23,26). The number of aryl methyl sites for hydroxylation is 2. The van der Waals surface area contributed by atoms with Crippen LogP contribution >= 0.6 is 0 Å². The van der Waals surface area contributed by atoms with Crippen LogP contribution in [0.15, 0.2) is 36.5 Å². The summed E-state index contributed by atoms with van der Waals surface area (Å²) in [5, 5.41) is 7.11. The lowest BCUT2D eigenvalue weighted by Crippen LogP contribution is -2.44. The number of nitrogens with zero attached hydrogens (tertiary/aromatic N) is 3. The van der Waals surface area contributed by atoms with Crippen LogP contribution in [0, 0.1) is 13.8 Å². The van der Waals surface area contributed by atoms with E-state index >= 15 is 0 Å². The first-order valence-electron chi connectivity index (χ1n) is 8.27. The lowest BCUT2D eigenvalue weighted by atomic mass is 10.3. The summed E-state index contributed by atoms with van der Waals surface area (Å²) < 4.78 is 6.78. The molecule has 0 aliphatic rings. The van der Waals surface area contributed by atoms with E-state index in [0.717, 1.165) is 11.4 Å². The molecule has 140 valence electrons. The number of ether oxygens (including phenoxy) is 1. The average Bonchev–Trinajstić information content (AvgIpc) is 3.08. The highest BCUT2D eigenvalue weighted by Crippen LogP contribution is 2.22. The number of aromatic nitrogens is 3. The molecule has 0 aliphatic carbocycles. The number of nitrogens with one attached hydrogen (secondary N) is 3. The minimum Gasteiger partial charge on any atom is -0.495 e.